The Morgan fingerprint density at radius 1 is 1.03 bits per heavy atom. The Labute approximate surface area is 176 Å². The van der Waals surface area contributed by atoms with Crippen molar-refractivity contribution in [1.82, 2.24) is 15.2 Å². The Morgan fingerprint density at radius 3 is 2.38 bits per heavy atom. The Hall–Kier alpha value is -1.85. The molecule has 0 saturated carbocycles. The minimum absolute atomic E-state index is 0.0490. The van der Waals surface area contributed by atoms with E-state index in [1.54, 1.807) is 0 Å². The highest BCUT2D eigenvalue weighted by molar-refractivity contribution is 5.91. The molecule has 0 aliphatic heterocycles. The van der Waals surface area contributed by atoms with Crippen molar-refractivity contribution in [3.63, 3.8) is 0 Å². The molecule has 1 aromatic heterocycles. The predicted octanol–water partition coefficient (Wildman–Crippen LogP) is 5.33. The van der Waals surface area contributed by atoms with E-state index in [0.717, 1.165) is 64.2 Å². The van der Waals surface area contributed by atoms with Crippen LogP contribution in [0.15, 0.2) is 10.7 Å². The molecule has 1 unspecified atom stereocenters. The van der Waals surface area contributed by atoms with Gasteiger partial charge in [0.25, 0.3) is 5.91 Å². The molecular formula is C23H41N3O3. The maximum absolute atomic E-state index is 13.1. The molecule has 6 heteroatoms. The van der Waals surface area contributed by atoms with Crippen LogP contribution in [0, 0.1) is 5.92 Å². The van der Waals surface area contributed by atoms with Crippen molar-refractivity contribution >= 4 is 11.8 Å². The van der Waals surface area contributed by atoms with E-state index >= 15 is 0 Å². The van der Waals surface area contributed by atoms with Crippen LogP contribution in [0.3, 0.4) is 0 Å². The fraction of sp³-hybridized carbons (Fsp3) is 0.783. The van der Waals surface area contributed by atoms with Crippen molar-refractivity contribution < 1.29 is 14.0 Å². The highest BCUT2D eigenvalue weighted by Gasteiger charge is 2.24. The summed E-state index contributed by atoms with van der Waals surface area (Å²) in [5, 5.41) is 2.87. The molecule has 0 spiro atoms. The lowest BCUT2D eigenvalue weighted by Gasteiger charge is -2.26. The Morgan fingerprint density at radius 2 is 1.72 bits per heavy atom. The Bertz CT molecular complexity index is 586. The summed E-state index contributed by atoms with van der Waals surface area (Å²) in [6.45, 7) is 10.2. The second-order valence-corrected chi connectivity index (χ2v) is 7.80. The summed E-state index contributed by atoms with van der Waals surface area (Å²) >= 11 is 0. The van der Waals surface area contributed by atoms with E-state index in [9.17, 15) is 9.59 Å². The van der Waals surface area contributed by atoms with E-state index < -0.39 is 0 Å². The van der Waals surface area contributed by atoms with Crippen molar-refractivity contribution in [2.75, 3.05) is 13.1 Å². The third-order valence-corrected chi connectivity index (χ3v) is 5.27. The van der Waals surface area contributed by atoms with Crippen LogP contribution in [0.4, 0.5) is 0 Å². The van der Waals surface area contributed by atoms with Crippen molar-refractivity contribution in [2.24, 2.45) is 5.92 Å². The van der Waals surface area contributed by atoms with Crippen LogP contribution in [-0.4, -0.2) is 34.8 Å². The topological polar surface area (TPSA) is 75.4 Å². The number of oxazole rings is 1. The number of aromatic nitrogens is 1. The lowest BCUT2D eigenvalue weighted by atomic mass is 9.97. The van der Waals surface area contributed by atoms with Crippen LogP contribution in [0.5, 0.6) is 0 Å². The quantitative estimate of drug-likeness (QED) is 0.376. The van der Waals surface area contributed by atoms with E-state index in [1.807, 2.05) is 4.90 Å². The molecule has 1 rings (SSSR count). The first-order chi connectivity index (χ1) is 14.1. The molecule has 166 valence electrons. The number of hydrogen-bond donors (Lipinski definition) is 1. The molecule has 0 saturated heterocycles. The van der Waals surface area contributed by atoms with Gasteiger partial charge in [0.15, 0.2) is 5.69 Å². The lowest BCUT2D eigenvalue weighted by Crippen LogP contribution is -2.36. The fourth-order valence-corrected chi connectivity index (χ4v) is 3.35. The molecule has 0 radical (unpaired) electrons. The largest absolute Gasteiger partial charge is 0.446 e. The maximum Gasteiger partial charge on any atom is 0.273 e. The van der Waals surface area contributed by atoms with Gasteiger partial charge in [-0.15, -0.1) is 0 Å². The van der Waals surface area contributed by atoms with Gasteiger partial charge in [-0.1, -0.05) is 66.2 Å². The van der Waals surface area contributed by atoms with Gasteiger partial charge in [0.1, 0.15) is 6.26 Å². The SMILES string of the molecule is CCCCCNC(=O)c1coc(CN(CCCCC)C(=O)C(CC)CCCC)n1. The molecule has 1 atom stereocenters. The van der Waals surface area contributed by atoms with Crippen LogP contribution in [0.25, 0.3) is 0 Å². The minimum atomic E-state index is -0.214. The molecule has 1 heterocycles. The molecule has 6 nitrogen and oxygen atoms in total. The van der Waals surface area contributed by atoms with Crippen LogP contribution < -0.4 is 5.32 Å². The van der Waals surface area contributed by atoms with Crippen molar-refractivity contribution in [2.45, 2.75) is 98.4 Å². The van der Waals surface area contributed by atoms with Gasteiger partial charge in [-0.05, 0) is 25.7 Å². The molecule has 0 aliphatic rings. The molecule has 2 amide bonds. The molecule has 0 aliphatic carbocycles. The number of carbonyl (C=O) groups excluding carboxylic acids is 2. The third-order valence-electron chi connectivity index (χ3n) is 5.27. The predicted molar refractivity (Wildman–Crippen MR) is 117 cm³/mol. The van der Waals surface area contributed by atoms with Crippen LogP contribution in [-0.2, 0) is 11.3 Å². The van der Waals surface area contributed by atoms with Gasteiger partial charge < -0.3 is 14.6 Å². The third kappa shape index (κ3) is 9.46. The first-order valence-electron chi connectivity index (χ1n) is 11.6. The number of amides is 2. The van der Waals surface area contributed by atoms with Crippen LogP contribution >= 0.6 is 0 Å². The second kappa shape index (κ2) is 15.1. The molecular weight excluding hydrogens is 366 g/mol. The molecule has 0 bridgehead atoms. The summed E-state index contributed by atoms with van der Waals surface area (Å²) in [5.41, 5.74) is 0.287. The average molecular weight is 408 g/mol. The van der Waals surface area contributed by atoms with Gasteiger partial charge in [-0.2, -0.15) is 0 Å². The smallest absolute Gasteiger partial charge is 0.273 e. The average Bonchev–Trinajstić information content (AvgIpc) is 3.19. The van der Waals surface area contributed by atoms with E-state index in [2.05, 4.69) is 38.0 Å². The standard InChI is InChI=1S/C23H41N3O3/c1-5-9-12-15-24-22(27)20-18-29-21(25-20)17-26(16-13-10-6-2)23(28)19(8-4)14-11-7-3/h18-19H,5-17H2,1-4H3,(H,24,27). The number of nitrogens with one attached hydrogen (secondary N) is 1. The first kappa shape index (κ1) is 25.2. The molecule has 1 aromatic rings. The summed E-state index contributed by atoms with van der Waals surface area (Å²) in [4.78, 5) is 31.5. The zero-order chi connectivity index (χ0) is 21.5. The zero-order valence-corrected chi connectivity index (χ0v) is 19.0. The summed E-state index contributed by atoms with van der Waals surface area (Å²) in [5.74, 6) is 0.446. The van der Waals surface area contributed by atoms with E-state index in [-0.39, 0.29) is 23.4 Å². The summed E-state index contributed by atoms with van der Waals surface area (Å²) in [6.07, 6.45) is 11.7. The fourth-order valence-electron chi connectivity index (χ4n) is 3.35. The van der Waals surface area contributed by atoms with Crippen LogP contribution in [0.2, 0.25) is 0 Å². The van der Waals surface area contributed by atoms with Crippen molar-refractivity contribution in [3.8, 4) is 0 Å². The number of nitrogens with zero attached hydrogens (tertiary/aromatic N) is 2. The maximum atomic E-state index is 13.1. The van der Waals surface area contributed by atoms with Crippen molar-refractivity contribution in [1.29, 1.82) is 0 Å². The first-order valence-corrected chi connectivity index (χ1v) is 11.6. The normalized spacial score (nSPS) is 12.0. The summed E-state index contributed by atoms with van der Waals surface area (Å²) in [7, 11) is 0. The number of rotatable bonds is 16. The van der Waals surface area contributed by atoms with Gasteiger partial charge in [0.2, 0.25) is 11.8 Å². The van der Waals surface area contributed by atoms with E-state index in [4.69, 9.17) is 4.42 Å². The number of carbonyl (C=O) groups is 2. The minimum Gasteiger partial charge on any atom is -0.446 e. The summed E-state index contributed by atoms with van der Waals surface area (Å²) in [6, 6.07) is 0. The van der Waals surface area contributed by atoms with Gasteiger partial charge in [0.05, 0.1) is 6.54 Å². The van der Waals surface area contributed by atoms with Crippen LogP contribution in [0.1, 0.15) is 108 Å². The zero-order valence-electron chi connectivity index (χ0n) is 19.0. The molecule has 1 N–H and O–H groups in total. The number of unbranched alkanes of at least 4 members (excludes halogenated alkanes) is 5. The second-order valence-electron chi connectivity index (χ2n) is 7.80. The lowest BCUT2D eigenvalue weighted by molar-refractivity contribution is -0.137. The molecule has 0 aromatic carbocycles. The molecule has 0 fully saturated rings. The van der Waals surface area contributed by atoms with Crippen molar-refractivity contribution in [3.05, 3.63) is 17.8 Å². The van der Waals surface area contributed by atoms with Gasteiger partial charge in [0, 0.05) is 19.0 Å². The monoisotopic (exact) mass is 407 g/mol. The van der Waals surface area contributed by atoms with Gasteiger partial charge >= 0.3 is 0 Å². The Balaban J connectivity index is 2.74. The Kier molecular flexibility index (Phi) is 13.1. The van der Waals surface area contributed by atoms with E-state index in [0.29, 0.717) is 25.5 Å². The van der Waals surface area contributed by atoms with Gasteiger partial charge in [-0.3, -0.25) is 9.59 Å². The molecule has 29 heavy (non-hydrogen) atoms. The highest BCUT2D eigenvalue weighted by atomic mass is 16.3. The van der Waals surface area contributed by atoms with Gasteiger partial charge in [-0.25, -0.2) is 4.98 Å². The summed E-state index contributed by atoms with van der Waals surface area (Å²) < 4.78 is 5.53. The number of hydrogen-bond acceptors (Lipinski definition) is 4. The van der Waals surface area contributed by atoms with E-state index in [1.165, 1.54) is 6.26 Å². The highest BCUT2D eigenvalue weighted by Crippen LogP contribution is 2.18.